The number of nitrogens with zero attached hydrogens (tertiary/aromatic N) is 5. The first-order chi connectivity index (χ1) is 15.8. The van der Waals surface area contributed by atoms with Gasteiger partial charge >= 0.3 is 0 Å². The molecule has 4 aliphatic carbocycles. The normalized spacial score (nSPS) is 30.0. The molecule has 10 heteroatoms. The van der Waals surface area contributed by atoms with Gasteiger partial charge in [-0.25, -0.2) is 14.1 Å². The van der Waals surface area contributed by atoms with Gasteiger partial charge in [0.25, 0.3) is 0 Å². The standard InChI is InChI=1S/C23H23Cl2FN6O/c24-17-11-31(10-16-3-1-2-4-18(16)26)29-19(17)28-20(33)22-6-14-5-15(7-22)9-23(8-14,12-22)32-13-27-21(25)30-32/h1-4,11,13-15H,5-10,12H2,(H,28,29,33). The van der Waals surface area contributed by atoms with Gasteiger partial charge in [0.05, 0.1) is 17.5 Å². The molecule has 0 aliphatic heterocycles. The van der Waals surface area contributed by atoms with Crippen LogP contribution in [0.1, 0.15) is 44.1 Å². The number of hydrogen-bond acceptors (Lipinski definition) is 4. The molecule has 4 bridgehead atoms. The topological polar surface area (TPSA) is 77.6 Å². The van der Waals surface area contributed by atoms with Gasteiger partial charge in [-0.15, -0.1) is 5.10 Å². The Morgan fingerprint density at radius 3 is 2.61 bits per heavy atom. The summed E-state index contributed by atoms with van der Waals surface area (Å²) < 4.78 is 17.5. The molecule has 2 aromatic heterocycles. The Morgan fingerprint density at radius 1 is 1.15 bits per heavy atom. The Bertz CT molecular complexity index is 1230. The van der Waals surface area contributed by atoms with Crippen molar-refractivity contribution in [3.05, 3.63) is 58.5 Å². The van der Waals surface area contributed by atoms with Crippen molar-refractivity contribution in [1.29, 1.82) is 0 Å². The van der Waals surface area contributed by atoms with Gasteiger partial charge in [-0.05, 0) is 68.0 Å². The van der Waals surface area contributed by atoms with E-state index in [9.17, 15) is 9.18 Å². The molecule has 172 valence electrons. The molecular formula is C23H23Cl2FN6O. The zero-order chi connectivity index (χ0) is 22.8. The highest BCUT2D eigenvalue weighted by Crippen LogP contribution is 2.64. The smallest absolute Gasteiger partial charge is 0.242 e. The molecule has 7 nitrogen and oxygen atoms in total. The zero-order valence-corrected chi connectivity index (χ0v) is 19.4. The van der Waals surface area contributed by atoms with Gasteiger partial charge < -0.3 is 5.32 Å². The van der Waals surface area contributed by atoms with Crippen LogP contribution >= 0.6 is 23.2 Å². The van der Waals surface area contributed by atoms with Crippen LogP contribution in [0, 0.1) is 23.1 Å². The largest absolute Gasteiger partial charge is 0.307 e. The van der Waals surface area contributed by atoms with Crippen molar-refractivity contribution in [3.8, 4) is 0 Å². The lowest BCUT2D eigenvalue weighted by molar-refractivity contribution is -0.150. The first-order valence-corrected chi connectivity index (χ1v) is 12.0. The van der Waals surface area contributed by atoms with Gasteiger partial charge in [0, 0.05) is 11.8 Å². The lowest BCUT2D eigenvalue weighted by Gasteiger charge is -2.60. The molecule has 0 radical (unpaired) electrons. The van der Waals surface area contributed by atoms with Crippen LogP contribution in [0.4, 0.5) is 10.2 Å². The first-order valence-electron chi connectivity index (χ1n) is 11.2. The second kappa shape index (κ2) is 7.53. The molecule has 3 aromatic rings. The summed E-state index contributed by atoms with van der Waals surface area (Å²) in [4.78, 5) is 17.8. The van der Waals surface area contributed by atoms with Gasteiger partial charge in [0.1, 0.15) is 17.2 Å². The van der Waals surface area contributed by atoms with Gasteiger partial charge in [-0.3, -0.25) is 9.48 Å². The van der Waals surface area contributed by atoms with Crippen LogP contribution in [-0.4, -0.2) is 30.5 Å². The minimum absolute atomic E-state index is 0.0507. The molecule has 1 aromatic carbocycles. The number of anilines is 1. The van der Waals surface area contributed by atoms with Gasteiger partial charge in [-0.1, -0.05) is 29.8 Å². The number of hydrogen-bond donors (Lipinski definition) is 1. The maximum absolute atomic E-state index is 14.0. The highest BCUT2D eigenvalue weighted by Gasteiger charge is 2.61. The molecule has 0 saturated heterocycles. The summed E-state index contributed by atoms with van der Waals surface area (Å²) in [6.45, 7) is 0.230. The summed E-state index contributed by atoms with van der Waals surface area (Å²) in [7, 11) is 0. The van der Waals surface area contributed by atoms with E-state index in [2.05, 4.69) is 20.5 Å². The van der Waals surface area contributed by atoms with Crippen molar-refractivity contribution in [1.82, 2.24) is 24.5 Å². The maximum Gasteiger partial charge on any atom is 0.242 e. The van der Waals surface area contributed by atoms with Crippen molar-refractivity contribution < 1.29 is 9.18 Å². The van der Waals surface area contributed by atoms with E-state index in [1.54, 1.807) is 35.4 Å². The summed E-state index contributed by atoms with van der Waals surface area (Å²) in [5.41, 5.74) is -0.222. The van der Waals surface area contributed by atoms with E-state index in [-0.39, 0.29) is 29.1 Å². The zero-order valence-electron chi connectivity index (χ0n) is 17.8. The quantitative estimate of drug-likeness (QED) is 0.553. The Morgan fingerprint density at radius 2 is 1.91 bits per heavy atom. The van der Waals surface area contributed by atoms with Gasteiger partial charge in [0.15, 0.2) is 5.82 Å². The van der Waals surface area contributed by atoms with Crippen molar-refractivity contribution in [3.63, 3.8) is 0 Å². The van der Waals surface area contributed by atoms with E-state index in [0.717, 1.165) is 32.1 Å². The van der Waals surface area contributed by atoms with Crippen molar-refractivity contribution in [2.24, 2.45) is 17.3 Å². The summed E-state index contributed by atoms with van der Waals surface area (Å²) >= 11 is 12.4. The lowest BCUT2D eigenvalue weighted by atomic mass is 9.46. The van der Waals surface area contributed by atoms with E-state index >= 15 is 0 Å². The highest BCUT2D eigenvalue weighted by molar-refractivity contribution is 6.33. The molecule has 0 spiro atoms. The lowest BCUT2D eigenvalue weighted by Crippen LogP contribution is -2.60. The molecule has 4 aliphatic rings. The molecule has 1 amide bonds. The monoisotopic (exact) mass is 488 g/mol. The molecule has 4 fully saturated rings. The molecule has 2 heterocycles. The molecule has 2 atom stereocenters. The van der Waals surface area contributed by atoms with Crippen LogP contribution < -0.4 is 5.32 Å². The molecule has 4 saturated carbocycles. The Hall–Kier alpha value is -2.45. The summed E-state index contributed by atoms with van der Waals surface area (Å²) in [5.74, 6) is 0.890. The second-order valence-electron chi connectivity index (χ2n) is 9.99. The number of rotatable bonds is 5. The van der Waals surface area contributed by atoms with E-state index in [1.165, 1.54) is 6.07 Å². The van der Waals surface area contributed by atoms with E-state index in [1.807, 2.05) is 4.68 Å². The third kappa shape index (κ3) is 3.54. The number of aromatic nitrogens is 5. The van der Waals surface area contributed by atoms with Crippen LogP contribution in [0.3, 0.4) is 0 Å². The van der Waals surface area contributed by atoms with Crippen molar-refractivity contribution in [2.75, 3.05) is 5.32 Å². The SMILES string of the molecule is O=C(Nc1nn(Cc2ccccc2F)cc1Cl)C12CC3CC(C1)CC(n1cnc(Cl)n1)(C3)C2. The Labute approximate surface area is 200 Å². The fraction of sp³-hybridized carbons (Fsp3) is 0.478. The average Bonchev–Trinajstić information content (AvgIpc) is 3.35. The molecule has 1 N–H and O–H groups in total. The molecule has 7 rings (SSSR count). The number of amides is 1. The summed E-state index contributed by atoms with van der Waals surface area (Å²) in [6, 6.07) is 6.53. The minimum atomic E-state index is -0.499. The predicted octanol–water partition coefficient (Wildman–Crippen LogP) is 4.90. The van der Waals surface area contributed by atoms with E-state index in [4.69, 9.17) is 23.2 Å². The van der Waals surface area contributed by atoms with Gasteiger partial charge in [0.2, 0.25) is 11.2 Å². The summed E-state index contributed by atoms with van der Waals surface area (Å²) in [5, 5.41) is 12.4. The van der Waals surface area contributed by atoms with Crippen LogP contribution in [0.25, 0.3) is 0 Å². The number of halogens is 3. The third-order valence-corrected chi connectivity index (χ3v) is 8.15. The van der Waals surface area contributed by atoms with Crippen LogP contribution in [0.5, 0.6) is 0 Å². The first kappa shape index (κ1) is 21.1. The highest BCUT2D eigenvalue weighted by atomic mass is 35.5. The maximum atomic E-state index is 14.0. The summed E-state index contributed by atoms with van der Waals surface area (Å²) in [6.07, 6.45) is 8.86. The number of carbonyl (C=O) groups is 1. The van der Waals surface area contributed by atoms with Crippen LogP contribution in [0.2, 0.25) is 10.3 Å². The number of benzene rings is 1. The Kier molecular flexibility index (Phi) is 4.82. The fourth-order valence-electron chi connectivity index (χ4n) is 6.82. The van der Waals surface area contributed by atoms with E-state index in [0.29, 0.717) is 34.7 Å². The van der Waals surface area contributed by atoms with Crippen molar-refractivity contribution >= 4 is 34.9 Å². The molecular weight excluding hydrogens is 466 g/mol. The van der Waals surface area contributed by atoms with Crippen molar-refractivity contribution in [2.45, 2.75) is 50.6 Å². The molecule has 2 unspecified atom stereocenters. The van der Waals surface area contributed by atoms with Crippen LogP contribution in [0.15, 0.2) is 36.8 Å². The predicted molar refractivity (Wildman–Crippen MR) is 121 cm³/mol. The van der Waals surface area contributed by atoms with Crippen LogP contribution in [-0.2, 0) is 16.9 Å². The average molecular weight is 489 g/mol. The second-order valence-corrected chi connectivity index (χ2v) is 10.7. The minimum Gasteiger partial charge on any atom is -0.307 e. The Balaban J connectivity index is 1.25. The van der Waals surface area contributed by atoms with E-state index < -0.39 is 5.41 Å². The van der Waals surface area contributed by atoms with Gasteiger partial charge in [-0.2, -0.15) is 5.10 Å². The number of nitrogens with one attached hydrogen (secondary N) is 1. The number of carbonyl (C=O) groups excluding carboxylic acids is 1. The molecule has 33 heavy (non-hydrogen) atoms. The third-order valence-electron chi connectivity index (χ3n) is 7.70. The fourth-order valence-corrected chi connectivity index (χ4v) is 7.15.